The predicted octanol–water partition coefficient (Wildman–Crippen LogP) is 6.85. The number of nitrogen functional groups attached to an aromatic ring is 1. The second-order valence-corrected chi connectivity index (χ2v) is 14.9. The number of ether oxygens (including phenoxy) is 2. The molecule has 54 heavy (non-hydrogen) atoms. The van der Waals surface area contributed by atoms with Gasteiger partial charge in [0.15, 0.2) is 5.82 Å². The molecule has 286 valence electrons. The van der Waals surface area contributed by atoms with Crippen molar-refractivity contribution < 1.29 is 40.6 Å². The van der Waals surface area contributed by atoms with Gasteiger partial charge in [0.1, 0.15) is 41.0 Å². The lowest BCUT2D eigenvalue weighted by Gasteiger charge is -2.36. The molecule has 7 rings (SSSR count). The zero-order valence-corrected chi connectivity index (χ0v) is 30.3. The summed E-state index contributed by atoms with van der Waals surface area (Å²) in [5.41, 5.74) is 1.77. The number of aromatic nitrogens is 2. The van der Waals surface area contributed by atoms with Crippen LogP contribution in [0, 0.1) is 23.0 Å². The number of methoxy groups -OCH3 is 1. The van der Waals surface area contributed by atoms with Crippen molar-refractivity contribution in [2.24, 2.45) is 0 Å². The summed E-state index contributed by atoms with van der Waals surface area (Å²) in [7, 11) is 1.46. The molecule has 5 heterocycles. The van der Waals surface area contributed by atoms with Gasteiger partial charge in [-0.05, 0) is 56.5 Å². The number of hydrogen-bond donors (Lipinski definition) is 1. The number of amides is 1. The number of nitriles is 1. The quantitative estimate of drug-likeness (QED) is 0.136. The van der Waals surface area contributed by atoms with Gasteiger partial charge in [0.25, 0.3) is 0 Å². The molecule has 0 bridgehead atoms. The highest BCUT2D eigenvalue weighted by Gasteiger charge is 2.50. The van der Waals surface area contributed by atoms with Crippen molar-refractivity contribution in [2.45, 2.75) is 62.6 Å². The summed E-state index contributed by atoms with van der Waals surface area (Å²) in [6.07, 6.45) is -3.02. The van der Waals surface area contributed by atoms with Crippen molar-refractivity contribution in [1.29, 1.82) is 5.26 Å². The van der Waals surface area contributed by atoms with Crippen LogP contribution in [0.5, 0.6) is 6.01 Å². The van der Waals surface area contributed by atoms with E-state index in [0.29, 0.717) is 30.7 Å². The predicted molar refractivity (Wildman–Crippen MR) is 192 cm³/mol. The van der Waals surface area contributed by atoms with Crippen LogP contribution in [-0.2, 0) is 15.7 Å². The van der Waals surface area contributed by atoms with Crippen LogP contribution in [0.4, 0.5) is 37.2 Å². The van der Waals surface area contributed by atoms with Crippen LogP contribution < -0.4 is 15.4 Å². The van der Waals surface area contributed by atoms with Gasteiger partial charge in [-0.25, -0.2) is 13.2 Å². The molecule has 0 radical (unpaired) electrons. The fourth-order valence-corrected chi connectivity index (χ4v) is 9.57. The zero-order chi connectivity index (χ0) is 38.7. The maximum atomic E-state index is 17.3. The molecule has 0 spiro atoms. The van der Waals surface area contributed by atoms with Gasteiger partial charge < -0.3 is 25.0 Å². The second-order valence-electron chi connectivity index (χ2n) is 13.9. The van der Waals surface area contributed by atoms with Gasteiger partial charge in [-0.2, -0.15) is 28.4 Å². The Morgan fingerprint density at radius 1 is 1.28 bits per heavy atom. The number of likely N-dealkylation sites (tertiary alicyclic amines) is 1. The van der Waals surface area contributed by atoms with Gasteiger partial charge in [0.05, 0.1) is 40.1 Å². The first-order valence-corrected chi connectivity index (χ1v) is 18.3. The molecule has 4 aromatic rings. The molecule has 3 fully saturated rings. The first kappa shape index (κ1) is 37.6. The van der Waals surface area contributed by atoms with E-state index in [1.807, 2.05) is 11.0 Å². The summed E-state index contributed by atoms with van der Waals surface area (Å²) in [6.45, 7) is 6.72. The Balaban J connectivity index is 1.47. The van der Waals surface area contributed by atoms with Crippen LogP contribution in [0.1, 0.15) is 43.7 Å². The van der Waals surface area contributed by atoms with Gasteiger partial charge in [0, 0.05) is 49.5 Å². The van der Waals surface area contributed by atoms with E-state index in [-0.39, 0.29) is 83.0 Å². The number of anilines is 2. The number of fused-ring (bicyclic) bond motifs is 3. The largest absolute Gasteiger partial charge is 0.461 e. The second kappa shape index (κ2) is 14.2. The van der Waals surface area contributed by atoms with Crippen LogP contribution in [0.15, 0.2) is 30.9 Å². The Hall–Kier alpha value is -4.66. The number of carbonyl (C=O) groups is 1. The molecule has 4 unspecified atom stereocenters. The normalized spacial score (nSPS) is 22.9. The van der Waals surface area contributed by atoms with Gasteiger partial charge >= 0.3 is 12.2 Å². The molecular formula is C37H37F6N7O3S. The minimum Gasteiger partial charge on any atom is -0.461 e. The zero-order valence-electron chi connectivity index (χ0n) is 29.5. The number of alkyl halides is 4. The maximum Gasteiger partial charge on any atom is 0.417 e. The highest BCUT2D eigenvalue weighted by Crippen LogP contribution is 2.48. The summed E-state index contributed by atoms with van der Waals surface area (Å²) in [5.74, 6) is -2.68. The first-order valence-electron chi connectivity index (χ1n) is 17.5. The van der Waals surface area contributed by atoms with E-state index in [1.165, 1.54) is 13.2 Å². The van der Waals surface area contributed by atoms with Gasteiger partial charge in [-0.3, -0.25) is 9.69 Å². The lowest BCUT2D eigenvalue weighted by molar-refractivity contribution is -0.137. The smallest absolute Gasteiger partial charge is 0.417 e. The fourth-order valence-electron chi connectivity index (χ4n) is 8.62. The molecule has 3 aliphatic heterocycles. The Kier molecular flexibility index (Phi) is 9.90. The molecule has 2 aromatic heterocycles. The monoisotopic (exact) mass is 773 g/mol. The van der Waals surface area contributed by atoms with E-state index >= 15 is 22.0 Å². The maximum absolute atomic E-state index is 17.3. The van der Waals surface area contributed by atoms with Crippen molar-refractivity contribution >= 4 is 49.1 Å². The van der Waals surface area contributed by atoms with E-state index in [4.69, 9.17) is 15.2 Å². The molecule has 1 amide bonds. The number of hydrogen-bond acceptors (Lipinski definition) is 10. The standard InChI is InChI=1S/C37H37F6N7O3S/c1-4-27(51)50-12-9-25(26(50)17-52-3)49(5-2)34-21-13-23(37(41,42)43)29(20-7-8-24(39)32-28(20)22(15-44)33(45)54-32)30(40)31(21)46-35(47-34)53-18-36-10-6-11-48(36)16-19(38)14-36/h4,7-8,13,19,25-26H,1,5-6,9-12,14,16-18,45H2,2-3H3. The number of benzene rings is 2. The summed E-state index contributed by atoms with van der Waals surface area (Å²) in [5, 5.41) is 9.20. The summed E-state index contributed by atoms with van der Waals surface area (Å²) in [4.78, 5) is 27.1. The molecule has 2 N–H and O–H groups in total. The van der Waals surface area contributed by atoms with Crippen molar-refractivity contribution in [3.8, 4) is 23.2 Å². The number of likely N-dealkylation sites (N-methyl/N-ethyl adjacent to an activating group) is 1. The summed E-state index contributed by atoms with van der Waals surface area (Å²) < 4.78 is 104. The third kappa shape index (κ3) is 6.17. The molecule has 3 saturated heterocycles. The fraction of sp³-hybridized carbons (Fsp3) is 0.459. The molecular weight excluding hydrogens is 737 g/mol. The number of nitrogens with two attached hydrogens (primary N) is 1. The minimum atomic E-state index is -5.15. The van der Waals surface area contributed by atoms with E-state index in [9.17, 15) is 14.4 Å². The third-order valence-corrected chi connectivity index (χ3v) is 12.0. The van der Waals surface area contributed by atoms with E-state index < -0.39 is 63.8 Å². The molecule has 3 aliphatic rings. The molecule has 4 atom stereocenters. The Morgan fingerprint density at radius 2 is 2.06 bits per heavy atom. The van der Waals surface area contributed by atoms with Crippen molar-refractivity contribution in [1.82, 2.24) is 19.8 Å². The Bertz CT molecular complexity index is 2190. The van der Waals surface area contributed by atoms with Crippen molar-refractivity contribution in [2.75, 3.05) is 57.1 Å². The lowest BCUT2D eigenvalue weighted by Crippen LogP contribution is -2.49. The van der Waals surface area contributed by atoms with Gasteiger partial charge in [0.2, 0.25) is 5.91 Å². The Morgan fingerprint density at radius 3 is 2.74 bits per heavy atom. The Labute approximate surface area is 310 Å². The number of thiophene rings is 1. The van der Waals surface area contributed by atoms with Crippen molar-refractivity contribution in [3.05, 3.63) is 53.6 Å². The van der Waals surface area contributed by atoms with Gasteiger partial charge in [-0.15, -0.1) is 11.3 Å². The average Bonchev–Trinajstić information content (AvgIpc) is 3.89. The average molecular weight is 774 g/mol. The van der Waals surface area contributed by atoms with E-state index in [0.717, 1.165) is 24.6 Å². The van der Waals surface area contributed by atoms with E-state index in [2.05, 4.69) is 16.5 Å². The minimum absolute atomic E-state index is 0.0464. The highest BCUT2D eigenvalue weighted by molar-refractivity contribution is 7.23. The van der Waals surface area contributed by atoms with Crippen LogP contribution in [0.3, 0.4) is 0 Å². The van der Waals surface area contributed by atoms with Crippen LogP contribution in [-0.4, -0.2) is 96.0 Å². The number of rotatable bonds is 10. The third-order valence-electron chi connectivity index (χ3n) is 10.9. The van der Waals surface area contributed by atoms with Gasteiger partial charge in [-0.1, -0.05) is 12.6 Å². The first-order chi connectivity index (χ1) is 25.8. The summed E-state index contributed by atoms with van der Waals surface area (Å²) >= 11 is 0.670. The molecule has 17 heteroatoms. The topological polar surface area (TPSA) is 121 Å². The molecule has 0 aliphatic carbocycles. The molecule has 2 aromatic carbocycles. The number of carbonyl (C=O) groups excluding carboxylic acids is 1. The SMILES string of the molecule is C=CC(=O)N1CCC(N(CC)c2nc(OCC34CCCN3CC(F)C4)nc3c(F)c(-c4ccc(F)c5sc(N)c(C#N)c45)c(C(F)(F)F)cc23)C1COC. The summed E-state index contributed by atoms with van der Waals surface area (Å²) in [6, 6.07) is 3.00. The van der Waals surface area contributed by atoms with E-state index in [1.54, 1.807) is 16.7 Å². The number of halogens is 6. The van der Waals surface area contributed by atoms with Crippen LogP contribution in [0.25, 0.3) is 32.1 Å². The highest BCUT2D eigenvalue weighted by atomic mass is 32.1. The van der Waals surface area contributed by atoms with Crippen LogP contribution >= 0.6 is 11.3 Å². The lowest BCUT2D eigenvalue weighted by atomic mass is 9.92. The molecule has 10 nitrogen and oxygen atoms in total. The van der Waals surface area contributed by atoms with Crippen LogP contribution in [0.2, 0.25) is 0 Å². The molecule has 0 saturated carbocycles. The number of nitrogens with zero attached hydrogens (tertiary/aromatic N) is 6. The van der Waals surface area contributed by atoms with Crippen molar-refractivity contribution in [3.63, 3.8) is 0 Å².